The van der Waals surface area contributed by atoms with E-state index in [1.807, 2.05) is 14.7 Å². The number of rotatable bonds is 17. The van der Waals surface area contributed by atoms with Gasteiger partial charge in [-0.05, 0) is 12.8 Å². The first kappa shape index (κ1) is 34.3. The quantitative estimate of drug-likeness (QED) is 0.254. The van der Waals surface area contributed by atoms with Crippen LogP contribution in [0.25, 0.3) is 11.0 Å². The van der Waals surface area contributed by atoms with Gasteiger partial charge in [-0.15, -0.1) is 0 Å². The summed E-state index contributed by atoms with van der Waals surface area (Å²) in [6.07, 6.45) is 1.69. The van der Waals surface area contributed by atoms with Gasteiger partial charge in [0.15, 0.2) is 11.6 Å². The minimum absolute atomic E-state index is 0.0236. The normalized spacial score (nSPS) is 16.1. The molecule has 1 N–H and O–H groups in total. The lowest BCUT2D eigenvalue weighted by Crippen LogP contribution is -2.49. The Balaban J connectivity index is 1.94. The zero-order valence-electron chi connectivity index (χ0n) is 27.1. The van der Waals surface area contributed by atoms with Crippen molar-refractivity contribution in [2.24, 2.45) is 0 Å². The summed E-state index contributed by atoms with van der Waals surface area (Å²) in [5, 5.41) is 9.48. The Morgan fingerprint density at radius 3 is 1.76 bits per heavy atom. The monoisotopic (exact) mass is 633 g/mol. The predicted octanol–water partition coefficient (Wildman–Crippen LogP) is 0.340. The highest BCUT2D eigenvalue weighted by Gasteiger charge is 2.30. The number of carbonyl (C=O) groups is 2. The van der Waals surface area contributed by atoms with E-state index in [0.29, 0.717) is 100 Å². The molecule has 2 aromatic heterocycles. The highest BCUT2D eigenvalue weighted by molar-refractivity contribution is 5.96. The van der Waals surface area contributed by atoms with E-state index in [0.717, 1.165) is 12.8 Å². The van der Waals surface area contributed by atoms with E-state index < -0.39 is 5.97 Å². The molecule has 2 saturated heterocycles. The molecule has 2 aromatic rings. The Labute approximate surface area is 264 Å². The molecule has 0 bridgehead atoms. The molecule has 45 heavy (non-hydrogen) atoms. The van der Waals surface area contributed by atoms with E-state index in [1.54, 1.807) is 40.4 Å². The Hall–Kier alpha value is -3.60. The molecule has 2 aliphatic heterocycles. The first-order valence-electron chi connectivity index (χ1n) is 15.3. The Kier molecular flexibility index (Phi) is 12.7. The van der Waals surface area contributed by atoms with Crippen molar-refractivity contribution in [1.29, 1.82) is 0 Å². The van der Waals surface area contributed by atoms with Gasteiger partial charge in [0.25, 0.3) is 0 Å². The number of carboxylic acid groups (broad SMARTS) is 1. The van der Waals surface area contributed by atoms with Gasteiger partial charge >= 0.3 is 5.97 Å². The van der Waals surface area contributed by atoms with Crippen LogP contribution in [0.1, 0.15) is 19.3 Å². The van der Waals surface area contributed by atoms with Crippen LogP contribution in [0.5, 0.6) is 0 Å². The third-order valence-electron chi connectivity index (χ3n) is 8.17. The zero-order chi connectivity index (χ0) is 32.3. The van der Waals surface area contributed by atoms with Crippen molar-refractivity contribution in [3.05, 3.63) is 0 Å². The molecular weight excluding hydrogens is 586 g/mol. The number of ether oxygens (including phenoxy) is 4. The van der Waals surface area contributed by atoms with Crippen molar-refractivity contribution in [3.63, 3.8) is 0 Å². The second-order valence-electron chi connectivity index (χ2n) is 11.1. The average molecular weight is 634 g/mol. The first-order valence-corrected chi connectivity index (χ1v) is 15.3. The number of aromatic nitrogens is 4. The molecule has 0 spiro atoms. The van der Waals surface area contributed by atoms with Crippen LogP contribution in [0, 0.1) is 0 Å². The fourth-order valence-corrected chi connectivity index (χ4v) is 5.39. The maximum Gasteiger partial charge on any atom is 0.305 e. The highest BCUT2D eigenvalue weighted by Crippen LogP contribution is 2.34. The molecule has 1 amide bonds. The molecule has 16 nitrogen and oxygen atoms in total. The van der Waals surface area contributed by atoms with Gasteiger partial charge in [0, 0.05) is 87.8 Å². The van der Waals surface area contributed by atoms with Crippen molar-refractivity contribution in [1.82, 2.24) is 24.8 Å². The summed E-state index contributed by atoms with van der Waals surface area (Å²) in [4.78, 5) is 54.2. The maximum atomic E-state index is 12.9. The number of carboxylic acids is 1. The van der Waals surface area contributed by atoms with Gasteiger partial charge in [-0.2, -0.15) is 9.97 Å². The fourth-order valence-electron chi connectivity index (χ4n) is 5.39. The predicted molar refractivity (Wildman–Crippen MR) is 170 cm³/mol. The zero-order valence-corrected chi connectivity index (χ0v) is 27.1. The number of likely N-dealkylation sites (N-methyl/N-ethyl adjacent to an activating group) is 1. The number of methoxy groups -OCH3 is 4. The number of piperazine rings is 1. The van der Waals surface area contributed by atoms with Gasteiger partial charge in [-0.25, -0.2) is 9.97 Å². The van der Waals surface area contributed by atoms with Crippen molar-refractivity contribution < 1.29 is 33.6 Å². The molecule has 250 valence electrons. The average Bonchev–Trinajstić information content (AvgIpc) is 3.05. The molecule has 0 radical (unpaired) electrons. The lowest BCUT2D eigenvalue weighted by Gasteiger charge is -2.35. The minimum Gasteiger partial charge on any atom is -0.481 e. The van der Waals surface area contributed by atoms with Crippen LogP contribution in [0.3, 0.4) is 0 Å². The van der Waals surface area contributed by atoms with E-state index >= 15 is 0 Å². The number of amides is 1. The van der Waals surface area contributed by atoms with Crippen molar-refractivity contribution in [2.45, 2.75) is 25.4 Å². The van der Waals surface area contributed by atoms with Crippen LogP contribution < -0.4 is 19.6 Å². The van der Waals surface area contributed by atoms with Crippen LogP contribution in [-0.4, -0.2) is 162 Å². The number of hydrogen-bond acceptors (Lipinski definition) is 14. The smallest absolute Gasteiger partial charge is 0.305 e. The molecular formula is C29H47N9O7. The largest absolute Gasteiger partial charge is 0.481 e. The fraction of sp³-hybridized carbons (Fsp3) is 0.724. The van der Waals surface area contributed by atoms with E-state index in [2.05, 4.69) is 4.90 Å². The molecule has 2 fully saturated rings. The van der Waals surface area contributed by atoms with Crippen LogP contribution in [0.2, 0.25) is 0 Å². The van der Waals surface area contributed by atoms with Crippen LogP contribution in [0.4, 0.5) is 23.5 Å². The van der Waals surface area contributed by atoms with Gasteiger partial charge in [0.1, 0.15) is 11.0 Å². The summed E-state index contributed by atoms with van der Waals surface area (Å²) in [5.41, 5.74) is 1.06. The molecule has 4 heterocycles. The molecule has 0 saturated carbocycles. The Morgan fingerprint density at radius 2 is 1.29 bits per heavy atom. The number of fused-ring (bicyclic) bond motifs is 1. The molecule has 2 aliphatic rings. The summed E-state index contributed by atoms with van der Waals surface area (Å²) in [6, 6.07) is 0. The summed E-state index contributed by atoms with van der Waals surface area (Å²) < 4.78 is 21.7. The highest BCUT2D eigenvalue weighted by atomic mass is 16.5. The first-order chi connectivity index (χ1) is 21.8. The number of nitrogens with zero attached hydrogens (tertiary/aromatic N) is 9. The van der Waals surface area contributed by atoms with E-state index in [-0.39, 0.29) is 31.5 Å². The topological polar surface area (TPSA) is 159 Å². The Morgan fingerprint density at radius 1 is 0.778 bits per heavy atom. The summed E-state index contributed by atoms with van der Waals surface area (Å²) in [5.74, 6) is 1.04. The van der Waals surface area contributed by atoms with Gasteiger partial charge in [0.2, 0.25) is 17.8 Å². The molecule has 4 rings (SSSR count). The number of piperidine rings is 1. The van der Waals surface area contributed by atoms with Crippen LogP contribution in [-0.2, 0) is 28.5 Å². The summed E-state index contributed by atoms with van der Waals surface area (Å²) in [6.45, 7) is 5.52. The molecule has 0 atom stereocenters. The second-order valence-corrected chi connectivity index (χ2v) is 11.1. The standard InChI is InChI=1S/C29H47N9O7/c1-34-12-13-38(20-22(34)39)27-25-24(30-29(33-27)37(15-18-43-3)16-19-44-4)26(35-9-6-21(45-5)7-10-35)32-28(31-25)36(14-17-42-2)11-8-23(40)41/h21H,6-20H2,1-5H3,(H,40,41). The lowest BCUT2D eigenvalue weighted by molar-refractivity contribution is -0.136. The molecule has 0 aromatic carbocycles. The van der Waals surface area contributed by atoms with Crippen LogP contribution in [0.15, 0.2) is 0 Å². The number of hydrogen-bond donors (Lipinski definition) is 1. The molecule has 0 unspecified atom stereocenters. The van der Waals surface area contributed by atoms with Crippen LogP contribution >= 0.6 is 0 Å². The molecule has 0 aliphatic carbocycles. The van der Waals surface area contributed by atoms with E-state index in [4.69, 9.17) is 38.9 Å². The van der Waals surface area contributed by atoms with Crippen molar-refractivity contribution in [3.8, 4) is 0 Å². The number of carbonyl (C=O) groups excluding carboxylic acids is 1. The van der Waals surface area contributed by atoms with E-state index in [1.165, 1.54) is 0 Å². The van der Waals surface area contributed by atoms with Crippen molar-refractivity contribution >= 4 is 46.4 Å². The summed E-state index contributed by atoms with van der Waals surface area (Å²) >= 11 is 0. The van der Waals surface area contributed by atoms with Gasteiger partial charge < -0.3 is 48.6 Å². The second kappa shape index (κ2) is 16.6. The van der Waals surface area contributed by atoms with Gasteiger partial charge in [0.05, 0.1) is 38.9 Å². The molecule has 16 heteroatoms. The summed E-state index contributed by atoms with van der Waals surface area (Å²) in [7, 11) is 8.41. The Bertz CT molecular complexity index is 1270. The van der Waals surface area contributed by atoms with Gasteiger partial charge in [-0.1, -0.05) is 0 Å². The van der Waals surface area contributed by atoms with Crippen molar-refractivity contribution in [2.75, 3.05) is 134 Å². The number of anilines is 4. The lowest BCUT2D eigenvalue weighted by atomic mass is 10.1. The maximum absolute atomic E-state index is 12.9. The SMILES string of the molecule is COCCN(CCOC)c1nc(N2CCN(C)C(=O)C2)c2nc(N(CCOC)CCC(=O)O)nc(N3CCC(OC)CC3)c2n1. The number of aliphatic carboxylic acids is 1. The third kappa shape index (κ3) is 8.77. The van der Waals surface area contributed by atoms with E-state index in [9.17, 15) is 14.7 Å². The third-order valence-corrected chi connectivity index (χ3v) is 8.17. The van der Waals surface area contributed by atoms with Gasteiger partial charge in [-0.3, -0.25) is 9.59 Å². The minimum atomic E-state index is -0.920.